The number of pyridine rings is 1. The zero-order valence-electron chi connectivity index (χ0n) is 11.8. The van der Waals surface area contributed by atoms with Crippen LogP contribution >= 0.6 is 0 Å². The third kappa shape index (κ3) is 2.79. The largest absolute Gasteiger partial charge is 0.481 e. The zero-order chi connectivity index (χ0) is 15.5. The molecule has 0 fully saturated rings. The molecular formula is C16H16N2O4. The van der Waals surface area contributed by atoms with Crippen LogP contribution < -0.4 is 5.32 Å². The predicted molar refractivity (Wildman–Crippen MR) is 81.6 cm³/mol. The summed E-state index contributed by atoms with van der Waals surface area (Å²) < 4.78 is 5.89. The molecule has 0 aliphatic heterocycles. The Balaban J connectivity index is 2.05. The van der Waals surface area contributed by atoms with E-state index in [4.69, 9.17) is 14.6 Å². The molecule has 0 aliphatic carbocycles. The fraction of sp³-hybridized carbons (Fsp3) is 0.250. The van der Waals surface area contributed by atoms with Gasteiger partial charge in [0.1, 0.15) is 11.3 Å². The van der Waals surface area contributed by atoms with Gasteiger partial charge in [0, 0.05) is 23.5 Å². The Kier molecular flexibility index (Phi) is 4.04. The summed E-state index contributed by atoms with van der Waals surface area (Å²) in [6.07, 6.45) is 1.60. The first-order valence-electron chi connectivity index (χ1n) is 7.02. The average molecular weight is 300 g/mol. The third-order valence-electron chi connectivity index (χ3n) is 3.50. The topological polar surface area (TPSA) is 95.6 Å². The van der Waals surface area contributed by atoms with E-state index in [2.05, 4.69) is 10.3 Å². The molecule has 0 saturated carbocycles. The van der Waals surface area contributed by atoms with Crippen molar-refractivity contribution < 1.29 is 19.4 Å². The molecule has 3 N–H and O–H groups in total. The minimum Gasteiger partial charge on any atom is -0.481 e. The minimum atomic E-state index is -0.932. The van der Waals surface area contributed by atoms with Gasteiger partial charge in [-0.25, -0.2) is 0 Å². The lowest BCUT2D eigenvalue weighted by Gasteiger charge is -2.13. The molecule has 0 spiro atoms. The molecule has 0 bridgehead atoms. The molecule has 1 unspecified atom stereocenters. The van der Waals surface area contributed by atoms with Gasteiger partial charge in [0.05, 0.1) is 24.6 Å². The van der Waals surface area contributed by atoms with Crippen LogP contribution in [0.2, 0.25) is 0 Å². The summed E-state index contributed by atoms with van der Waals surface area (Å²) in [4.78, 5) is 15.4. The molecule has 2 heterocycles. The van der Waals surface area contributed by atoms with Gasteiger partial charge in [-0.15, -0.1) is 0 Å². The van der Waals surface area contributed by atoms with Gasteiger partial charge in [0.15, 0.2) is 0 Å². The van der Waals surface area contributed by atoms with Crippen molar-refractivity contribution >= 4 is 27.8 Å². The summed E-state index contributed by atoms with van der Waals surface area (Å²) >= 11 is 0. The molecule has 6 nitrogen and oxygen atoms in total. The van der Waals surface area contributed by atoms with E-state index in [1.54, 1.807) is 12.3 Å². The number of aliphatic carboxylic acids is 1. The fourth-order valence-electron chi connectivity index (χ4n) is 2.51. The van der Waals surface area contributed by atoms with Gasteiger partial charge in [-0.05, 0) is 18.2 Å². The number of benzene rings is 1. The highest BCUT2D eigenvalue weighted by molar-refractivity contribution is 6.02. The van der Waals surface area contributed by atoms with Crippen LogP contribution in [0.25, 0.3) is 21.9 Å². The van der Waals surface area contributed by atoms with Gasteiger partial charge in [0.25, 0.3) is 0 Å². The van der Waals surface area contributed by atoms with Crippen LogP contribution in [0.1, 0.15) is 18.2 Å². The van der Waals surface area contributed by atoms with Gasteiger partial charge >= 0.3 is 5.97 Å². The fourth-order valence-corrected chi connectivity index (χ4v) is 2.51. The van der Waals surface area contributed by atoms with Crippen molar-refractivity contribution in [2.24, 2.45) is 0 Å². The lowest BCUT2D eigenvalue weighted by Crippen LogP contribution is -2.26. The molecule has 0 radical (unpaired) electrons. The van der Waals surface area contributed by atoms with Crippen molar-refractivity contribution in [3.8, 4) is 0 Å². The number of carbonyl (C=O) groups is 1. The molecule has 1 atom stereocenters. The number of fused-ring (bicyclic) bond motifs is 3. The number of furan rings is 1. The maximum absolute atomic E-state index is 11.0. The smallest absolute Gasteiger partial charge is 0.305 e. The molecule has 3 aromatic rings. The van der Waals surface area contributed by atoms with Crippen LogP contribution in [0.3, 0.4) is 0 Å². The number of nitrogens with one attached hydrogen (secondary N) is 1. The Morgan fingerprint density at radius 1 is 1.36 bits per heavy atom. The van der Waals surface area contributed by atoms with E-state index in [9.17, 15) is 4.79 Å². The first-order chi connectivity index (χ1) is 10.7. The molecule has 6 heteroatoms. The molecular weight excluding hydrogens is 284 g/mol. The van der Waals surface area contributed by atoms with Crippen LogP contribution in [0, 0.1) is 0 Å². The number of nitrogens with zero attached hydrogens (tertiary/aromatic N) is 1. The Hall–Kier alpha value is -2.44. The summed E-state index contributed by atoms with van der Waals surface area (Å²) in [5.74, 6) is -0.400. The van der Waals surface area contributed by atoms with E-state index in [0.717, 1.165) is 16.3 Å². The number of para-hydroxylation sites is 1. The maximum atomic E-state index is 11.0. The number of carboxylic acid groups (broad SMARTS) is 1. The van der Waals surface area contributed by atoms with E-state index in [1.807, 2.05) is 24.3 Å². The molecule has 22 heavy (non-hydrogen) atoms. The Labute approximate surface area is 126 Å². The molecule has 1 aromatic carbocycles. The van der Waals surface area contributed by atoms with Crippen LogP contribution in [0.15, 0.2) is 40.9 Å². The number of carboxylic acids is 1. The second kappa shape index (κ2) is 6.13. The molecule has 0 saturated heterocycles. The predicted octanol–water partition coefficient (Wildman–Crippen LogP) is 2.08. The van der Waals surface area contributed by atoms with E-state index in [-0.39, 0.29) is 13.0 Å². The highest BCUT2D eigenvalue weighted by Gasteiger charge is 2.20. The minimum absolute atomic E-state index is 0.0686. The van der Waals surface area contributed by atoms with Gasteiger partial charge in [-0.2, -0.15) is 0 Å². The standard InChI is InChI=1S/C16H16N2O4/c19-6-5-17-13(8-15(20)21)14-7-10-9-18-12-4-2-1-3-11(12)16(10)22-14/h1-4,7,9,13,17,19H,5-6,8H2,(H,20,21). The van der Waals surface area contributed by atoms with Crippen LogP contribution in [0.5, 0.6) is 0 Å². The molecule has 0 aliphatic rings. The van der Waals surface area contributed by atoms with Gasteiger partial charge in [0.2, 0.25) is 0 Å². The number of aliphatic hydroxyl groups is 1. The van der Waals surface area contributed by atoms with E-state index >= 15 is 0 Å². The summed E-state index contributed by atoms with van der Waals surface area (Å²) in [6.45, 7) is 0.231. The summed E-state index contributed by atoms with van der Waals surface area (Å²) in [5.41, 5.74) is 1.52. The molecule has 114 valence electrons. The maximum Gasteiger partial charge on any atom is 0.305 e. The first-order valence-corrected chi connectivity index (χ1v) is 7.02. The Bertz CT molecular complexity index is 812. The van der Waals surface area contributed by atoms with E-state index in [1.165, 1.54) is 0 Å². The zero-order valence-corrected chi connectivity index (χ0v) is 11.8. The number of aliphatic hydroxyl groups excluding tert-OH is 1. The average Bonchev–Trinajstić information content (AvgIpc) is 2.95. The van der Waals surface area contributed by atoms with Crippen LogP contribution in [-0.2, 0) is 4.79 Å². The second-order valence-corrected chi connectivity index (χ2v) is 5.04. The van der Waals surface area contributed by atoms with Gasteiger partial charge in [-0.3, -0.25) is 9.78 Å². The first kappa shape index (κ1) is 14.5. The highest BCUT2D eigenvalue weighted by Crippen LogP contribution is 2.30. The number of rotatable bonds is 6. The van der Waals surface area contributed by atoms with Crippen molar-refractivity contribution in [3.05, 3.63) is 42.3 Å². The van der Waals surface area contributed by atoms with Crippen LogP contribution in [0.4, 0.5) is 0 Å². The molecule has 0 amide bonds. The molecule has 2 aromatic heterocycles. The highest BCUT2D eigenvalue weighted by atomic mass is 16.4. The van der Waals surface area contributed by atoms with Crippen molar-refractivity contribution in [2.45, 2.75) is 12.5 Å². The van der Waals surface area contributed by atoms with Gasteiger partial charge < -0.3 is 19.9 Å². The van der Waals surface area contributed by atoms with Crippen LogP contribution in [-0.4, -0.2) is 34.3 Å². The summed E-state index contributed by atoms with van der Waals surface area (Å²) in [5, 5.41) is 22.7. The second-order valence-electron chi connectivity index (χ2n) is 5.04. The van der Waals surface area contributed by atoms with Crippen molar-refractivity contribution in [2.75, 3.05) is 13.2 Å². The summed E-state index contributed by atoms with van der Waals surface area (Å²) in [7, 11) is 0. The monoisotopic (exact) mass is 300 g/mol. The van der Waals surface area contributed by atoms with Gasteiger partial charge in [-0.1, -0.05) is 12.1 Å². The van der Waals surface area contributed by atoms with E-state index in [0.29, 0.717) is 17.9 Å². The Morgan fingerprint density at radius 2 is 2.18 bits per heavy atom. The number of hydrogen-bond donors (Lipinski definition) is 3. The lowest BCUT2D eigenvalue weighted by molar-refractivity contribution is -0.137. The van der Waals surface area contributed by atoms with Crippen molar-refractivity contribution in [1.82, 2.24) is 10.3 Å². The normalized spacial score (nSPS) is 12.8. The van der Waals surface area contributed by atoms with E-state index < -0.39 is 12.0 Å². The lowest BCUT2D eigenvalue weighted by atomic mass is 10.1. The molecule has 3 rings (SSSR count). The quantitative estimate of drug-likeness (QED) is 0.645. The third-order valence-corrected chi connectivity index (χ3v) is 3.50. The Morgan fingerprint density at radius 3 is 2.95 bits per heavy atom. The van der Waals surface area contributed by atoms with Crippen molar-refractivity contribution in [3.63, 3.8) is 0 Å². The SMILES string of the molecule is O=C(O)CC(NCCO)c1cc2cnc3ccccc3c2o1. The summed E-state index contributed by atoms with van der Waals surface area (Å²) in [6, 6.07) is 8.94. The number of hydrogen-bond acceptors (Lipinski definition) is 5. The number of aromatic nitrogens is 1. The van der Waals surface area contributed by atoms with Crippen molar-refractivity contribution in [1.29, 1.82) is 0 Å².